The molecule has 3 saturated heterocycles. The van der Waals surface area contributed by atoms with Crippen LogP contribution >= 0.6 is 19.6 Å². The fourth-order valence-electron chi connectivity index (χ4n) is 3.76. The summed E-state index contributed by atoms with van der Waals surface area (Å²) in [5, 5.41) is 0. The largest absolute Gasteiger partial charge is 0.481 e. The lowest BCUT2D eigenvalue weighted by molar-refractivity contribution is -0.127. The van der Waals surface area contributed by atoms with E-state index >= 15 is 0 Å². The fourth-order valence-corrected chi connectivity index (χ4v) is 6.28. The highest BCUT2D eigenvalue weighted by atomic mass is 32.2. The van der Waals surface area contributed by atoms with Gasteiger partial charge in [-0.3, -0.25) is 9.32 Å². The van der Waals surface area contributed by atoms with E-state index in [0.29, 0.717) is 5.56 Å². The van der Waals surface area contributed by atoms with Crippen molar-refractivity contribution in [1.82, 2.24) is 4.90 Å². The molecule has 6 rings (SSSR count). The first-order chi connectivity index (χ1) is 13.9. The van der Waals surface area contributed by atoms with Crippen LogP contribution in [0.5, 0.6) is 0 Å². The van der Waals surface area contributed by atoms with Crippen molar-refractivity contribution >= 4 is 36.7 Å². The van der Waals surface area contributed by atoms with Gasteiger partial charge in [0.15, 0.2) is 0 Å². The molecular formula is C20H21N2O5PS. The number of carbonyl (C=O) groups is 1. The number of hydrogen-bond donors (Lipinski definition) is 0. The lowest BCUT2D eigenvalue weighted by Crippen LogP contribution is -2.46. The molecule has 2 aromatic rings. The van der Waals surface area contributed by atoms with Gasteiger partial charge >= 0.3 is 7.82 Å². The van der Waals surface area contributed by atoms with Crippen molar-refractivity contribution in [2.24, 2.45) is 0 Å². The minimum atomic E-state index is -3.48. The maximum absolute atomic E-state index is 13.0. The van der Waals surface area contributed by atoms with Crippen LogP contribution in [0.3, 0.4) is 0 Å². The number of benzene rings is 2. The molecule has 29 heavy (non-hydrogen) atoms. The third-order valence-electron chi connectivity index (χ3n) is 5.15. The van der Waals surface area contributed by atoms with Gasteiger partial charge in [0.2, 0.25) is 5.78 Å². The summed E-state index contributed by atoms with van der Waals surface area (Å²) in [5.41, 5.74) is 2.57. The van der Waals surface area contributed by atoms with Crippen LogP contribution in [0.15, 0.2) is 52.3 Å². The number of hydrogen-bond acceptors (Lipinski definition) is 8. The Bertz CT molecular complexity index is 1030. The molecule has 152 valence electrons. The number of Topliss-reactive ketones (excluding diaryl/α,β-unsaturated/α-hetero) is 1. The molecule has 0 amide bonds. The number of nitrogens with zero attached hydrogens (tertiary/aromatic N) is 2. The summed E-state index contributed by atoms with van der Waals surface area (Å²) < 4.78 is 27.2. The Morgan fingerprint density at radius 1 is 1.17 bits per heavy atom. The van der Waals surface area contributed by atoms with Gasteiger partial charge in [-0.25, -0.2) is 13.6 Å². The smallest absolute Gasteiger partial charge is 0.340 e. The molecule has 4 heterocycles. The lowest BCUT2D eigenvalue weighted by Gasteiger charge is -2.35. The van der Waals surface area contributed by atoms with E-state index in [0.717, 1.165) is 35.8 Å². The minimum Gasteiger partial charge on any atom is -0.340 e. The highest BCUT2D eigenvalue weighted by Crippen LogP contribution is 2.72. The van der Waals surface area contributed by atoms with Crippen molar-refractivity contribution in [2.45, 2.75) is 22.0 Å². The minimum absolute atomic E-state index is 0.135. The maximum atomic E-state index is 13.0. The molecule has 2 aromatic carbocycles. The van der Waals surface area contributed by atoms with Crippen LogP contribution in [0.25, 0.3) is 0 Å². The van der Waals surface area contributed by atoms with Gasteiger partial charge in [-0.1, -0.05) is 23.9 Å². The normalized spacial score (nSPS) is 26.8. The maximum Gasteiger partial charge on any atom is 0.481 e. The Kier molecular flexibility index (Phi) is 4.62. The van der Waals surface area contributed by atoms with E-state index in [-0.39, 0.29) is 12.4 Å². The number of ketones is 1. The molecule has 4 aliphatic rings. The molecule has 0 spiro atoms. The van der Waals surface area contributed by atoms with Crippen LogP contribution in [-0.2, 0) is 18.1 Å². The first-order valence-corrected chi connectivity index (χ1v) is 11.7. The zero-order valence-corrected chi connectivity index (χ0v) is 17.9. The predicted molar refractivity (Wildman–Crippen MR) is 110 cm³/mol. The van der Waals surface area contributed by atoms with E-state index in [1.54, 1.807) is 17.8 Å². The standard InChI is InChI=1S/C20H21N2O5PS/c1-21(2)10-5-11-22-15-6-3-4-7-17(15)29-18-9-8-14(12-16(18)22)19(23)20-13-25-28(24,26-20)27-20/h3-4,6-9,12H,5,10-11,13H2,1-2H3. The van der Waals surface area contributed by atoms with Gasteiger partial charge in [0, 0.05) is 21.9 Å². The number of carbonyl (C=O) groups excluding carboxylic acids is 1. The van der Waals surface area contributed by atoms with Crippen LogP contribution < -0.4 is 4.90 Å². The van der Waals surface area contributed by atoms with Crippen molar-refractivity contribution in [3.63, 3.8) is 0 Å². The molecular weight excluding hydrogens is 411 g/mol. The van der Waals surface area contributed by atoms with Crippen LogP contribution in [0.2, 0.25) is 0 Å². The molecule has 2 bridgehead atoms. The third-order valence-corrected chi connectivity index (χ3v) is 7.76. The number of rotatable bonds is 6. The topological polar surface area (TPSA) is 68.3 Å². The number of fused-ring (bicyclic) bond motifs is 3. The van der Waals surface area contributed by atoms with E-state index in [4.69, 9.17) is 13.6 Å². The lowest BCUT2D eigenvalue weighted by atomic mass is 10.0. The van der Waals surface area contributed by atoms with E-state index in [1.807, 2.05) is 24.3 Å². The van der Waals surface area contributed by atoms with Crippen molar-refractivity contribution in [3.05, 3.63) is 48.0 Å². The van der Waals surface area contributed by atoms with Crippen molar-refractivity contribution < 1.29 is 22.9 Å². The molecule has 0 radical (unpaired) electrons. The zero-order chi connectivity index (χ0) is 20.2. The Morgan fingerprint density at radius 3 is 2.66 bits per heavy atom. The Hall–Kier alpha value is -1.67. The number of para-hydroxylation sites is 1. The molecule has 0 saturated carbocycles. The van der Waals surface area contributed by atoms with Crippen molar-refractivity contribution in [3.8, 4) is 0 Å². The fraction of sp³-hybridized carbons (Fsp3) is 0.350. The second kappa shape index (κ2) is 6.94. The van der Waals surface area contributed by atoms with Crippen molar-refractivity contribution in [2.75, 3.05) is 38.7 Å². The van der Waals surface area contributed by atoms with Gasteiger partial charge < -0.3 is 9.80 Å². The zero-order valence-electron chi connectivity index (χ0n) is 16.2. The number of anilines is 2. The summed E-state index contributed by atoms with van der Waals surface area (Å²) >= 11 is 1.69. The summed E-state index contributed by atoms with van der Waals surface area (Å²) in [6.45, 7) is 1.67. The Morgan fingerprint density at radius 2 is 1.93 bits per heavy atom. The molecule has 0 unspecified atom stereocenters. The SMILES string of the molecule is CN(C)CCCN1c2ccccc2Sc2ccc(C(=O)C34COP(=O)(O3)O4)cc21. The molecule has 7 nitrogen and oxygen atoms in total. The average molecular weight is 432 g/mol. The van der Waals surface area contributed by atoms with Crippen LogP contribution in [0, 0.1) is 0 Å². The van der Waals surface area contributed by atoms with E-state index in [9.17, 15) is 9.36 Å². The molecule has 0 aliphatic carbocycles. The third kappa shape index (κ3) is 3.24. The van der Waals surface area contributed by atoms with E-state index in [2.05, 4.69) is 36.0 Å². The first-order valence-electron chi connectivity index (χ1n) is 9.43. The van der Waals surface area contributed by atoms with Crippen LogP contribution in [0.1, 0.15) is 16.8 Å². The second-order valence-corrected chi connectivity index (χ2v) is 10.1. The van der Waals surface area contributed by atoms with Crippen LogP contribution in [0.4, 0.5) is 11.4 Å². The summed E-state index contributed by atoms with van der Waals surface area (Å²) in [4.78, 5) is 19.7. The molecule has 9 heteroatoms. The molecule has 0 N–H and O–H groups in total. The van der Waals surface area contributed by atoms with Gasteiger partial charge in [-0.2, -0.15) is 0 Å². The molecule has 4 aliphatic heterocycles. The first kappa shape index (κ1) is 19.3. The van der Waals surface area contributed by atoms with Crippen LogP contribution in [-0.4, -0.2) is 50.3 Å². The van der Waals surface area contributed by atoms with E-state index < -0.39 is 13.6 Å². The van der Waals surface area contributed by atoms with Crippen molar-refractivity contribution in [1.29, 1.82) is 0 Å². The van der Waals surface area contributed by atoms with Gasteiger partial charge in [-0.15, -0.1) is 0 Å². The monoisotopic (exact) mass is 432 g/mol. The average Bonchev–Trinajstić information content (AvgIpc) is 3.21. The number of phosphoric acid groups is 1. The summed E-state index contributed by atoms with van der Waals surface area (Å²) in [5.74, 6) is -1.92. The van der Waals surface area contributed by atoms with Gasteiger partial charge in [0.05, 0.1) is 11.4 Å². The van der Waals surface area contributed by atoms with E-state index in [1.165, 1.54) is 4.90 Å². The quantitative estimate of drug-likeness (QED) is 0.494. The molecule has 3 fully saturated rings. The van der Waals surface area contributed by atoms with Gasteiger partial charge in [-0.05, 0) is 57.4 Å². The highest BCUT2D eigenvalue weighted by Gasteiger charge is 2.69. The second-order valence-electron chi connectivity index (χ2n) is 7.55. The molecule has 0 atom stereocenters. The highest BCUT2D eigenvalue weighted by molar-refractivity contribution is 7.99. The number of phosphoric ester groups is 1. The summed E-state index contributed by atoms with van der Waals surface area (Å²) in [6.07, 6.45) is 0.983. The predicted octanol–water partition coefficient (Wildman–Crippen LogP) is 4.31. The Labute approximate surface area is 173 Å². The van der Waals surface area contributed by atoms with Gasteiger partial charge in [0.1, 0.15) is 6.61 Å². The molecule has 0 aromatic heterocycles. The summed E-state index contributed by atoms with van der Waals surface area (Å²) in [6, 6.07) is 13.9. The van der Waals surface area contributed by atoms with Gasteiger partial charge in [0.25, 0.3) is 5.79 Å². The summed E-state index contributed by atoms with van der Waals surface area (Å²) in [7, 11) is 0.639. The Balaban J connectivity index is 1.48.